The maximum absolute atomic E-state index is 12.1. The van der Waals surface area contributed by atoms with Gasteiger partial charge in [-0.05, 0) is 12.1 Å². The number of hydrogen-bond donors (Lipinski definition) is 1. The third-order valence-electron chi connectivity index (χ3n) is 3.06. The van der Waals surface area contributed by atoms with Crippen molar-refractivity contribution in [3.8, 4) is 0 Å². The van der Waals surface area contributed by atoms with Gasteiger partial charge in [-0.1, -0.05) is 18.2 Å². The minimum absolute atomic E-state index is 0.0944. The second-order valence-corrected chi connectivity index (χ2v) is 4.26. The Labute approximate surface area is 110 Å². The summed E-state index contributed by atoms with van der Waals surface area (Å²) in [7, 11) is 0. The molecule has 1 aromatic rings. The molecular weight excluding hydrogens is 248 g/mol. The van der Waals surface area contributed by atoms with Crippen molar-refractivity contribution in [2.75, 3.05) is 26.2 Å². The van der Waals surface area contributed by atoms with Gasteiger partial charge in [-0.25, -0.2) is 4.79 Å². The van der Waals surface area contributed by atoms with Gasteiger partial charge in [0.15, 0.2) is 0 Å². The first-order valence-corrected chi connectivity index (χ1v) is 5.96. The number of piperazine rings is 1. The lowest BCUT2D eigenvalue weighted by Gasteiger charge is -2.33. The van der Waals surface area contributed by atoms with Crippen molar-refractivity contribution in [3.63, 3.8) is 0 Å². The smallest absolute Gasteiger partial charge is 0.394 e. The van der Waals surface area contributed by atoms with E-state index in [-0.39, 0.29) is 19.0 Å². The van der Waals surface area contributed by atoms with E-state index in [1.165, 1.54) is 4.90 Å². The molecule has 0 bridgehead atoms. The zero-order chi connectivity index (χ0) is 13.8. The first kappa shape index (κ1) is 13.1. The molecule has 0 spiro atoms. The lowest BCUT2D eigenvalue weighted by Crippen LogP contribution is -2.52. The number of rotatable bonds is 1. The molecule has 100 valence electrons. The summed E-state index contributed by atoms with van der Waals surface area (Å²) in [6.07, 6.45) is 0. The number of carboxylic acids is 1. The summed E-state index contributed by atoms with van der Waals surface area (Å²) < 4.78 is 0. The van der Waals surface area contributed by atoms with Gasteiger partial charge in [0.05, 0.1) is 0 Å². The molecule has 0 unspecified atom stereocenters. The molecule has 2 rings (SSSR count). The number of aliphatic carboxylic acids is 1. The molecule has 0 saturated carbocycles. The number of carboxylic acid groups (broad SMARTS) is 1. The fourth-order valence-electron chi connectivity index (χ4n) is 2.01. The van der Waals surface area contributed by atoms with Gasteiger partial charge in [0.1, 0.15) is 0 Å². The van der Waals surface area contributed by atoms with Crippen molar-refractivity contribution in [3.05, 3.63) is 35.9 Å². The molecule has 0 radical (unpaired) electrons. The number of nitrogens with zero attached hydrogens (tertiary/aromatic N) is 2. The van der Waals surface area contributed by atoms with Gasteiger partial charge in [0, 0.05) is 31.7 Å². The van der Waals surface area contributed by atoms with Crippen LogP contribution in [0.3, 0.4) is 0 Å². The van der Waals surface area contributed by atoms with E-state index in [9.17, 15) is 14.4 Å². The van der Waals surface area contributed by atoms with E-state index in [1.807, 2.05) is 6.07 Å². The molecule has 1 heterocycles. The predicted octanol–water partition coefficient (Wildman–Crippen LogP) is 0.0556. The van der Waals surface area contributed by atoms with Crippen molar-refractivity contribution in [1.29, 1.82) is 0 Å². The first-order chi connectivity index (χ1) is 9.09. The molecule has 1 aliphatic heterocycles. The average Bonchev–Trinajstić information content (AvgIpc) is 2.46. The van der Waals surface area contributed by atoms with E-state index in [1.54, 1.807) is 29.2 Å². The molecule has 0 atom stereocenters. The van der Waals surface area contributed by atoms with Gasteiger partial charge in [-0.3, -0.25) is 9.59 Å². The van der Waals surface area contributed by atoms with E-state index < -0.39 is 11.9 Å². The molecule has 1 N–H and O–H groups in total. The summed E-state index contributed by atoms with van der Waals surface area (Å²) >= 11 is 0. The Balaban J connectivity index is 1.95. The third-order valence-corrected chi connectivity index (χ3v) is 3.06. The van der Waals surface area contributed by atoms with Crippen molar-refractivity contribution < 1.29 is 19.5 Å². The summed E-state index contributed by atoms with van der Waals surface area (Å²) in [5.41, 5.74) is 0.598. The Kier molecular flexibility index (Phi) is 3.79. The highest BCUT2D eigenvalue weighted by molar-refractivity contribution is 6.31. The van der Waals surface area contributed by atoms with Crippen molar-refractivity contribution in [1.82, 2.24) is 9.80 Å². The Hall–Kier alpha value is -2.37. The predicted molar refractivity (Wildman–Crippen MR) is 66.6 cm³/mol. The highest BCUT2D eigenvalue weighted by atomic mass is 16.4. The van der Waals surface area contributed by atoms with Crippen LogP contribution in [0.2, 0.25) is 0 Å². The quantitative estimate of drug-likeness (QED) is 0.726. The SMILES string of the molecule is O=C(O)C(=O)N1CCN(C(=O)c2ccccc2)CC1. The first-order valence-electron chi connectivity index (χ1n) is 5.96. The van der Waals surface area contributed by atoms with Crippen molar-refractivity contribution in [2.45, 2.75) is 0 Å². The lowest BCUT2D eigenvalue weighted by atomic mass is 10.2. The second-order valence-electron chi connectivity index (χ2n) is 4.26. The van der Waals surface area contributed by atoms with Crippen LogP contribution in [-0.4, -0.2) is 58.9 Å². The summed E-state index contributed by atoms with van der Waals surface area (Å²) in [6.45, 7) is 1.22. The Morgan fingerprint density at radius 2 is 1.42 bits per heavy atom. The number of carbonyl (C=O) groups is 3. The van der Waals surface area contributed by atoms with Crippen LogP contribution in [0.4, 0.5) is 0 Å². The summed E-state index contributed by atoms with van der Waals surface area (Å²) in [4.78, 5) is 36.8. The van der Waals surface area contributed by atoms with E-state index >= 15 is 0 Å². The van der Waals surface area contributed by atoms with E-state index in [0.717, 1.165) is 0 Å². The molecule has 0 aromatic heterocycles. The number of benzene rings is 1. The van der Waals surface area contributed by atoms with Crippen LogP contribution in [-0.2, 0) is 9.59 Å². The average molecular weight is 262 g/mol. The van der Waals surface area contributed by atoms with Crippen LogP contribution in [0.5, 0.6) is 0 Å². The Bertz CT molecular complexity index is 493. The van der Waals surface area contributed by atoms with Gasteiger partial charge < -0.3 is 14.9 Å². The molecule has 2 amide bonds. The van der Waals surface area contributed by atoms with Crippen LogP contribution in [0, 0.1) is 0 Å². The molecule has 0 aliphatic carbocycles. The summed E-state index contributed by atoms with van der Waals surface area (Å²) in [5.74, 6) is -2.46. The van der Waals surface area contributed by atoms with Gasteiger partial charge >= 0.3 is 11.9 Å². The van der Waals surface area contributed by atoms with Crippen LogP contribution >= 0.6 is 0 Å². The molecule has 6 nitrogen and oxygen atoms in total. The second kappa shape index (κ2) is 5.51. The zero-order valence-electron chi connectivity index (χ0n) is 10.3. The van der Waals surface area contributed by atoms with E-state index in [4.69, 9.17) is 5.11 Å². The minimum Gasteiger partial charge on any atom is -0.474 e. The molecule has 19 heavy (non-hydrogen) atoms. The molecule has 1 aromatic carbocycles. The summed E-state index contributed by atoms with van der Waals surface area (Å²) in [5, 5.41) is 8.62. The van der Waals surface area contributed by atoms with E-state index in [2.05, 4.69) is 0 Å². The highest BCUT2D eigenvalue weighted by Gasteiger charge is 2.27. The maximum atomic E-state index is 12.1. The monoisotopic (exact) mass is 262 g/mol. The van der Waals surface area contributed by atoms with Crippen LogP contribution in [0.1, 0.15) is 10.4 Å². The molecule has 1 fully saturated rings. The standard InChI is InChI=1S/C13H14N2O4/c16-11(10-4-2-1-3-5-10)14-6-8-15(9-7-14)12(17)13(18)19/h1-5H,6-9H2,(H,18,19). The third kappa shape index (κ3) is 2.90. The Morgan fingerprint density at radius 3 is 1.95 bits per heavy atom. The minimum atomic E-state index is -1.46. The van der Waals surface area contributed by atoms with Crippen LogP contribution < -0.4 is 0 Å². The normalized spacial score (nSPS) is 15.2. The molecule has 6 heteroatoms. The fraction of sp³-hybridized carbons (Fsp3) is 0.308. The zero-order valence-corrected chi connectivity index (χ0v) is 10.3. The largest absolute Gasteiger partial charge is 0.474 e. The van der Waals surface area contributed by atoms with Gasteiger partial charge in [0.25, 0.3) is 5.91 Å². The van der Waals surface area contributed by atoms with Gasteiger partial charge in [-0.15, -0.1) is 0 Å². The molecule has 1 saturated heterocycles. The molecule has 1 aliphatic rings. The Morgan fingerprint density at radius 1 is 0.895 bits per heavy atom. The fourth-order valence-corrected chi connectivity index (χ4v) is 2.01. The van der Waals surface area contributed by atoms with Gasteiger partial charge in [0.2, 0.25) is 0 Å². The maximum Gasteiger partial charge on any atom is 0.394 e. The topological polar surface area (TPSA) is 77.9 Å². The number of hydrogen-bond acceptors (Lipinski definition) is 3. The van der Waals surface area contributed by atoms with Crippen LogP contribution in [0.15, 0.2) is 30.3 Å². The molecular formula is C13H14N2O4. The number of carbonyl (C=O) groups excluding carboxylic acids is 2. The highest BCUT2D eigenvalue weighted by Crippen LogP contribution is 2.08. The summed E-state index contributed by atoms with van der Waals surface area (Å²) in [6, 6.07) is 8.88. The number of amides is 2. The van der Waals surface area contributed by atoms with Crippen molar-refractivity contribution in [2.24, 2.45) is 0 Å². The lowest BCUT2D eigenvalue weighted by molar-refractivity contribution is -0.156. The van der Waals surface area contributed by atoms with Crippen molar-refractivity contribution >= 4 is 17.8 Å². The van der Waals surface area contributed by atoms with E-state index in [0.29, 0.717) is 18.7 Å². The van der Waals surface area contributed by atoms with Gasteiger partial charge in [-0.2, -0.15) is 0 Å². The van der Waals surface area contributed by atoms with Crippen LogP contribution in [0.25, 0.3) is 0 Å².